The molecule has 0 atom stereocenters. The van der Waals surface area contributed by atoms with Gasteiger partial charge in [0.2, 0.25) is 0 Å². The molecule has 3 aromatic rings. The van der Waals surface area contributed by atoms with Gasteiger partial charge in [-0.2, -0.15) is 5.26 Å². The molecule has 1 heterocycles. The van der Waals surface area contributed by atoms with E-state index in [0.717, 1.165) is 27.8 Å². The topological polar surface area (TPSA) is 46.2 Å². The van der Waals surface area contributed by atoms with E-state index in [2.05, 4.69) is 6.07 Å². The van der Waals surface area contributed by atoms with Crippen molar-refractivity contribution in [1.29, 1.82) is 5.26 Å². The number of furan rings is 1. The van der Waals surface area contributed by atoms with E-state index in [0.29, 0.717) is 5.56 Å². The van der Waals surface area contributed by atoms with Crippen molar-refractivity contribution in [2.45, 2.75) is 0 Å². The summed E-state index contributed by atoms with van der Waals surface area (Å²) < 4.78 is 10.7. The van der Waals surface area contributed by atoms with Gasteiger partial charge in [0.25, 0.3) is 0 Å². The average molecular weight is 249 g/mol. The van der Waals surface area contributed by atoms with Crippen LogP contribution in [0.3, 0.4) is 0 Å². The first-order chi connectivity index (χ1) is 9.31. The fourth-order valence-electron chi connectivity index (χ4n) is 2.09. The van der Waals surface area contributed by atoms with Crippen LogP contribution in [0.15, 0.2) is 53.1 Å². The number of hydrogen-bond donors (Lipinski definition) is 0. The van der Waals surface area contributed by atoms with Crippen LogP contribution < -0.4 is 4.74 Å². The maximum Gasteiger partial charge on any atom is 0.134 e. The van der Waals surface area contributed by atoms with E-state index in [9.17, 15) is 0 Å². The van der Waals surface area contributed by atoms with E-state index < -0.39 is 0 Å². The maximum absolute atomic E-state index is 8.97. The molecule has 0 saturated carbocycles. The molecule has 0 radical (unpaired) electrons. The molecule has 0 saturated heterocycles. The Morgan fingerprint density at radius 3 is 2.58 bits per heavy atom. The SMILES string of the molecule is COc1ccc(-c2coc3ccc(C#N)cc23)cc1. The van der Waals surface area contributed by atoms with Crippen LogP contribution in [0.2, 0.25) is 0 Å². The molecular weight excluding hydrogens is 238 g/mol. The van der Waals surface area contributed by atoms with Gasteiger partial charge < -0.3 is 9.15 Å². The van der Waals surface area contributed by atoms with Gasteiger partial charge in [-0.1, -0.05) is 12.1 Å². The highest BCUT2D eigenvalue weighted by molar-refractivity contribution is 5.94. The molecule has 92 valence electrons. The van der Waals surface area contributed by atoms with Crippen molar-refractivity contribution < 1.29 is 9.15 Å². The molecule has 0 bridgehead atoms. The summed E-state index contributed by atoms with van der Waals surface area (Å²) in [5, 5.41) is 9.92. The van der Waals surface area contributed by atoms with Crippen LogP contribution in [0.1, 0.15) is 5.56 Å². The van der Waals surface area contributed by atoms with Gasteiger partial charge in [0.1, 0.15) is 11.3 Å². The highest BCUT2D eigenvalue weighted by atomic mass is 16.5. The summed E-state index contributed by atoms with van der Waals surface area (Å²) in [5.74, 6) is 0.814. The van der Waals surface area contributed by atoms with Crippen LogP contribution in [-0.2, 0) is 0 Å². The number of nitriles is 1. The molecular formula is C16H11NO2. The third kappa shape index (κ3) is 1.94. The molecule has 0 aliphatic heterocycles. The summed E-state index contributed by atoms with van der Waals surface area (Å²) in [5.41, 5.74) is 3.43. The van der Waals surface area contributed by atoms with Crippen LogP contribution >= 0.6 is 0 Å². The predicted octanol–water partition coefficient (Wildman–Crippen LogP) is 3.98. The number of methoxy groups -OCH3 is 1. The molecule has 1 aromatic heterocycles. The van der Waals surface area contributed by atoms with Crippen LogP contribution in [0, 0.1) is 11.3 Å². The Morgan fingerprint density at radius 2 is 1.89 bits per heavy atom. The lowest BCUT2D eigenvalue weighted by atomic mass is 10.0. The molecule has 2 aromatic carbocycles. The van der Waals surface area contributed by atoms with Crippen LogP contribution in [0.4, 0.5) is 0 Å². The van der Waals surface area contributed by atoms with Crippen LogP contribution in [0.25, 0.3) is 22.1 Å². The van der Waals surface area contributed by atoms with E-state index >= 15 is 0 Å². The Morgan fingerprint density at radius 1 is 1.11 bits per heavy atom. The number of fused-ring (bicyclic) bond motifs is 1. The summed E-state index contributed by atoms with van der Waals surface area (Å²) in [6.07, 6.45) is 1.72. The minimum Gasteiger partial charge on any atom is -0.497 e. The zero-order chi connectivity index (χ0) is 13.2. The molecule has 3 heteroatoms. The monoisotopic (exact) mass is 249 g/mol. The quantitative estimate of drug-likeness (QED) is 0.690. The normalized spacial score (nSPS) is 10.3. The average Bonchev–Trinajstić information content (AvgIpc) is 2.90. The smallest absolute Gasteiger partial charge is 0.134 e. The number of hydrogen-bond acceptors (Lipinski definition) is 3. The van der Waals surface area contributed by atoms with E-state index in [1.54, 1.807) is 19.4 Å². The maximum atomic E-state index is 8.97. The Hall–Kier alpha value is -2.73. The van der Waals surface area contributed by atoms with E-state index in [1.165, 1.54) is 0 Å². The highest BCUT2D eigenvalue weighted by Crippen LogP contribution is 2.32. The molecule has 0 unspecified atom stereocenters. The van der Waals surface area contributed by atoms with Gasteiger partial charge in [0, 0.05) is 10.9 Å². The molecule has 0 fully saturated rings. The third-order valence-electron chi connectivity index (χ3n) is 3.10. The number of benzene rings is 2. The predicted molar refractivity (Wildman–Crippen MR) is 72.9 cm³/mol. The van der Waals surface area contributed by atoms with Crippen LogP contribution in [-0.4, -0.2) is 7.11 Å². The molecule has 0 spiro atoms. The lowest BCUT2D eigenvalue weighted by molar-refractivity contribution is 0.415. The largest absolute Gasteiger partial charge is 0.497 e. The molecule has 0 aliphatic carbocycles. The Bertz CT molecular complexity index is 764. The van der Waals surface area contributed by atoms with Gasteiger partial charge >= 0.3 is 0 Å². The fourth-order valence-corrected chi connectivity index (χ4v) is 2.09. The molecule has 0 aliphatic rings. The number of nitrogens with zero attached hydrogens (tertiary/aromatic N) is 1. The molecule has 19 heavy (non-hydrogen) atoms. The third-order valence-corrected chi connectivity index (χ3v) is 3.10. The summed E-state index contributed by atoms with van der Waals surface area (Å²) >= 11 is 0. The molecule has 3 nitrogen and oxygen atoms in total. The van der Waals surface area contributed by atoms with E-state index in [1.807, 2.05) is 36.4 Å². The first kappa shape index (κ1) is 11.4. The second kappa shape index (κ2) is 4.51. The number of rotatable bonds is 2. The molecule has 0 N–H and O–H groups in total. The minimum atomic E-state index is 0.628. The van der Waals surface area contributed by atoms with E-state index in [-0.39, 0.29) is 0 Å². The van der Waals surface area contributed by atoms with Gasteiger partial charge in [-0.15, -0.1) is 0 Å². The fraction of sp³-hybridized carbons (Fsp3) is 0.0625. The van der Waals surface area contributed by atoms with Gasteiger partial charge in [0.15, 0.2) is 0 Å². The van der Waals surface area contributed by atoms with Gasteiger partial charge in [0.05, 0.1) is 25.0 Å². The van der Waals surface area contributed by atoms with Gasteiger partial charge in [-0.05, 0) is 35.9 Å². The minimum absolute atomic E-state index is 0.628. The number of ether oxygens (including phenoxy) is 1. The molecule has 3 rings (SSSR count). The van der Waals surface area contributed by atoms with Crippen molar-refractivity contribution in [1.82, 2.24) is 0 Å². The lowest BCUT2D eigenvalue weighted by Crippen LogP contribution is -1.82. The summed E-state index contributed by atoms with van der Waals surface area (Å²) in [7, 11) is 1.64. The lowest BCUT2D eigenvalue weighted by Gasteiger charge is -2.02. The van der Waals surface area contributed by atoms with Crippen molar-refractivity contribution >= 4 is 11.0 Å². The zero-order valence-electron chi connectivity index (χ0n) is 10.4. The Kier molecular flexibility index (Phi) is 2.70. The zero-order valence-corrected chi connectivity index (χ0v) is 10.4. The van der Waals surface area contributed by atoms with Crippen molar-refractivity contribution in [2.24, 2.45) is 0 Å². The van der Waals surface area contributed by atoms with Crippen LogP contribution in [0.5, 0.6) is 5.75 Å². The first-order valence-corrected chi connectivity index (χ1v) is 5.87. The van der Waals surface area contributed by atoms with Crippen molar-refractivity contribution in [3.8, 4) is 22.9 Å². The summed E-state index contributed by atoms with van der Waals surface area (Å²) in [6.45, 7) is 0. The van der Waals surface area contributed by atoms with Crippen molar-refractivity contribution in [3.63, 3.8) is 0 Å². The summed E-state index contributed by atoms with van der Waals surface area (Å²) in [4.78, 5) is 0. The second-order valence-corrected chi connectivity index (χ2v) is 4.20. The van der Waals surface area contributed by atoms with Crippen molar-refractivity contribution in [2.75, 3.05) is 7.11 Å². The standard InChI is InChI=1S/C16H11NO2/c1-18-13-5-3-12(4-6-13)15-10-19-16-7-2-11(9-17)8-14(15)16/h2-8,10H,1H3. The van der Waals surface area contributed by atoms with Gasteiger partial charge in [-0.3, -0.25) is 0 Å². The highest BCUT2D eigenvalue weighted by Gasteiger charge is 2.09. The Balaban J connectivity index is 2.16. The first-order valence-electron chi connectivity index (χ1n) is 5.87. The van der Waals surface area contributed by atoms with E-state index in [4.69, 9.17) is 14.4 Å². The Labute approximate surface area is 110 Å². The van der Waals surface area contributed by atoms with Crippen molar-refractivity contribution in [3.05, 3.63) is 54.3 Å². The van der Waals surface area contributed by atoms with Gasteiger partial charge in [-0.25, -0.2) is 0 Å². The second-order valence-electron chi connectivity index (χ2n) is 4.20. The summed E-state index contributed by atoms with van der Waals surface area (Å²) in [6, 6.07) is 15.3. The molecule has 0 amide bonds.